The molecular formula is C26H44O3. The normalized spacial score (nSPS) is 47.4. The number of hydrogen-bond acceptors (Lipinski definition) is 2. The Labute approximate surface area is 178 Å². The minimum Gasteiger partial charge on any atom is -0.479 e. The Kier molecular flexibility index (Phi) is 5.63. The predicted molar refractivity (Wildman–Crippen MR) is 116 cm³/mol. The molecule has 0 aromatic carbocycles. The van der Waals surface area contributed by atoms with Crippen molar-refractivity contribution < 1.29 is 15.0 Å². The van der Waals surface area contributed by atoms with Crippen LogP contribution in [0.2, 0.25) is 0 Å². The first kappa shape index (κ1) is 21.7. The number of hydrogen-bond donors (Lipinski definition) is 2. The summed E-state index contributed by atoms with van der Waals surface area (Å²) in [5, 5.41) is 20.2. The second-order valence-electron chi connectivity index (χ2n) is 12.0. The van der Waals surface area contributed by atoms with E-state index in [0.29, 0.717) is 29.6 Å². The molecule has 0 spiro atoms. The number of carboxylic acid groups (broad SMARTS) is 1. The summed E-state index contributed by atoms with van der Waals surface area (Å²) in [6.07, 6.45) is 14.6. The van der Waals surface area contributed by atoms with Crippen LogP contribution in [0.15, 0.2) is 0 Å². The van der Waals surface area contributed by atoms with Gasteiger partial charge in [0.1, 0.15) is 0 Å². The zero-order valence-electron chi connectivity index (χ0n) is 19.3. The highest BCUT2D eigenvalue weighted by Crippen LogP contribution is 2.68. The zero-order chi connectivity index (χ0) is 21.0. The summed E-state index contributed by atoms with van der Waals surface area (Å²) in [4.78, 5) is 11.7. The van der Waals surface area contributed by atoms with Gasteiger partial charge < -0.3 is 10.2 Å². The minimum absolute atomic E-state index is 0.268. The summed E-state index contributed by atoms with van der Waals surface area (Å²) in [5.41, 5.74) is -0.637. The summed E-state index contributed by atoms with van der Waals surface area (Å²) >= 11 is 0. The first-order valence-electron chi connectivity index (χ1n) is 12.6. The van der Waals surface area contributed by atoms with E-state index >= 15 is 0 Å². The minimum atomic E-state index is -1.56. The summed E-state index contributed by atoms with van der Waals surface area (Å²) in [6, 6.07) is 0. The van der Waals surface area contributed by atoms with E-state index in [9.17, 15) is 15.0 Å². The fourth-order valence-electron chi connectivity index (χ4n) is 9.33. The second kappa shape index (κ2) is 7.53. The van der Waals surface area contributed by atoms with Gasteiger partial charge in [-0.15, -0.1) is 0 Å². The van der Waals surface area contributed by atoms with Crippen molar-refractivity contribution in [3.63, 3.8) is 0 Å². The van der Waals surface area contributed by atoms with Crippen LogP contribution in [0.4, 0.5) is 0 Å². The molecule has 29 heavy (non-hydrogen) atoms. The average Bonchev–Trinajstić information content (AvgIpc) is 3.04. The molecule has 0 amide bonds. The monoisotopic (exact) mass is 404 g/mol. The van der Waals surface area contributed by atoms with Crippen LogP contribution < -0.4 is 0 Å². The van der Waals surface area contributed by atoms with Crippen LogP contribution in [-0.2, 0) is 4.79 Å². The molecule has 0 saturated heterocycles. The Hall–Kier alpha value is -0.570. The molecule has 0 aromatic heterocycles. The molecule has 3 heteroatoms. The average molecular weight is 405 g/mol. The molecule has 0 heterocycles. The van der Waals surface area contributed by atoms with Crippen molar-refractivity contribution in [2.45, 2.75) is 110 Å². The van der Waals surface area contributed by atoms with Crippen molar-refractivity contribution in [3.8, 4) is 0 Å². The molecule has 166 valence electrons. The van der Waals surface area contributed by atoms with E-state index in [1.54, 1.807) is 6.92 Å². The van der Waals surface area contributed by atoms with E-state index in [2.05, 4.69) is 20.8 Å². The van der Waals surface area contributed by atoms with Crippen molar-refractivity contribution in [2.24, 2.45) is 46.3 Å². The number of rotatable bonds is 5. The summed E-state index contributed by atoms with van der Waals surface area (Å²) < 4.78 is 0. The summed E-state index contributed by atoms with van der Waals surface area (Å²) in [5.74, 6) is 3.36. The second-order valence-corrected chi connectivity index (χ2v) is 12.0. The van der Waals surface area contributed by atoms with E-state index in [1.165, 1.54) is 64.2 Å². The third-order valence-electron chi connectivity index (χ3n) is 11.0. The predicted octanol–water partition coefficient (Wildman–Crippen LogP) is 6.29. The number of aliphatic carboxylic acids is 1. The Balaban J connectivity index is 1.53. The van der Waals surface area contributed by atoms with Gasteiger partial charge in [0.2, 0.25) is 0 Å². The molecule has 4 aliphatic carbocycles. The van der Waals surface area contributed by atoms with Gasteiger partial charge in [-0.1, -0.05) is 40.5 Å². The Bertz CT molecular complexity index is 631. The maximum atomic E-state index is 11.7. The maximum absolute atomic E-state index is 11.7. The van der Waals surface area contributed by atoms with Crippen LogP contribution in [0, 0.1) is 46.3 Å². The van der Waals surface area contributed by atoms with Crippen LogP contribution >= 0.6 is 0 Å². The molecule has 4 aliphatic rings. The summed E-state index contributed by atoms with van der Waals surface area (Å²) in [7, 11) is 0. The van der Waals surface area contributed by atoms with E-state index < -0.39 is 11.6 Å². The van der Waals surface area contributed by atoms with Gasteiger partial charge >= 0.3 is 5.97 Å². The van der Waals surface area contributed by atoms with Crippen molar-refractivity contribution in [1.29, 1.82) is 0 Å². The lowest BCUT2D eigenvalue weighted by atomic mass is 9.44. The molecule has 4 fully saturated rings. The standard InChI is InChI=1S/C26H44O3/c1-5-26(29,23(27)28)16-17(2)20-11-12-21-19-10-9-18-8-6-7-14-24(18,3)22(19)13-15-25(20,21)4/h17-22,29H,5-16H2,1-4H3,(H,27,28)/t17?,18?,19-,20+,21-,22-,24-,25+,26?/m0/s1. The number of carbonyl (C=O) groups is 1. The zero-order valence-corrected chi connectivity index (χ0v) is 19.3. The highest BCUT2D eigenvalue weighted by atomic mass is 16.4. The van der Waals surface area contributed by atoms with E-state index in [-0.39, 0.29) is 5.92 Å². The van der Waals surface area contributed by atoms with Gasteiger partial charge in [-0.2, -0.15) is 0 Å². The third kappa shape index (κ3) is 3.29. The lowest BCUT2D eigenvalue weighted by Crippen LogP contribution is -2.53. The molecular weight excluding hydrogens is 360 g/mol. The molecule has 4 rings (SSSR count). The molecule has 2 N–H and O–H groups in total. The van der Waals surface area contributed by atoms with E-state index in [4.69, 9.17) is 0 Å². The van der Waals surface area contributed by atoms with Gasteiger partial charge in [0.05, 0.1) is 0 Å². The Morgan fingerprint density at radius 3 is 2.41 bits per heavy atom. The lowest BCUT2D eigenvalue weighted by molar-refractivity contribution is -0.162. The molecule has 9 atom stereocenters. The van der Waals surface area contributed by atoms with Gasteiger partial charge in [0.15, 0.2) is 5.60 Å². The molecule has 3 nitrogen and oxygen atoms in total. The van der Waals surface area contributed by atoms with Crippen LogP contribution in [0.3, 0.4) is 0 Å². The first-order chi connectivity index (χ1) is 13.7. The van der Waals surface area contributed by atoms with Gasteiger partial charge in [-0.3, -0.25) is 0 Å². The number of carboxylic acids is 1. The van der Waals surface area contributed by atoms with Crippen molar-refractivity contribution in [2.75, 3.05) is 0 Å². The molecule has 3 unspecified atom stereocenters. The molecule has 0 aromatic rings. The van der Waals surface area contributed by atoms with Crippen molar-refractivity contribution in [1.82, 2.24) is 0 Å². The van der Waals surface area contributed by atoms with Crippen LogP contribution in [0.25, 0.3) is 0 Å². The fourth-order valence-corrected chi connectivity index (χ4v) is 9.33. The van der Waals surface area contributed by atoms with Gasteiger partial charge in [-0.25, -0.2) is 4.79 Å². The van der Waals surface area contributed by atoms with Gasteiger partial charge in [-0.05, 0) is 111 Å². The SMILES string of the molecule is CCC(O)(CC(C)[C@H]1CC[C@H]2[C@@H]3CCC4CCCC[C@]4(C)[C@H]3CC[C@]12C)C(=O)O. The molecule has 0 radical (unpaired) electrons. The van der Waals surface area contributed by atoms with E-state index in [0.717, 1.165) is 23.7 Å². The van der Waals surface area contributed by atoms with E-state index in [1.807, 2.05) is 0 Å². The van der Waals surface area contributed by atoms with Gasteiger partial charge in [0, 0.05) is 0 Å². The van der Waals surface area contributed by atoms with Crippen LogP contribution in [0.1, 0.15) is 105 Å². The number of aliphatic hydroxyl groups is 1. The Morgan fingerprint density at radius 2 is 1.72 bits per heavy atom. The highest BCUT2D eigenvalue weighted by molar-refractivity contribution is 5.76. The first-order valence-corrected chi connectivity index (χ1v) is 12.6. The Morgan fingerprint density at radius 1 is 1.00 bits per heavy atom. The smallest absolute Gasteiger partial charge is 0.335 e. The van der Waals surface area contributed by atoms with Crippen molar-refractivity contribution >= 4 is 5.97 Å². The molecule has 0 bridgehead atoms. The number of fused-ring (bicyclic) bond motifs is 5. The fraction of sp³-hybridized carbons (Fsp3) is 0.962. The molecule has 4 saturated carbocycles. The highest BCUT2D eigenvalue weighted by Gasteiger charge is 2.60. The van der Waals surface area contributed by atoms with Crippen LogP contribution in [0.5, 0.6) is 0 Å². The van der Waals surface area contributed by atoms with Gasteiger partial charge in [0.25, 0.3) is 0 Å². The largest absolute Gasteiger partial charge is 0.479 e. The maximum Gasteiger partial charge on any atom is 0.335 e. The molecule has 0 aliphatic heterocycles. The third-order valence-corrected chi connectivity index (χ3v) is 11.0. The summed E-state index contributed by atoms with van der Waals surface area (Å²) in [6.45, 7) is 9.19. The van der Waals surface area contributed by atoms with Crippen LogP contribution in [-0.4, -0.2) is 21.8 Å². The quantitative estimate of drug-likeness (QED) is 0.566. The van der Waals surface area contributed by atoms with Crippen molar-refractivity contribution in [3.05, 3.63) is 0 Å². The lowest BCUT2D eigenvalue weighted by Gasteiger charge is -2.61. The topological polar surface area (TPSA) is 57.5 Å².